The molecule has 6 heteroatoms. The molecule has 0 N–H and O–H groups in total. The van der Waals surface area contributed by atoms with Gasteiger partial charge in [0.05, 0.1) is 0 Å². The first kappa shape index (κ1) is 24.4. The van der Waals surface area contributed by atoms with E-state index in [-0.39, 0.29) is 15.0 Å². The van der Waals surface area contributed by atoms with Crippen molar-refractivity contribution in [2.24, 2.45) is 20.5 Å². The fourth-order valence-electron chi connectivity index (χ4n) is 4.19. The van der Waals surface area contributed by atoms with E-state index in [1.807, 2.05) is 54.6 Å². The second-order valence-corrected chi connectivity index (χ2v) is 11.8. The van der Waals surface area contributed by atoms with Crippen LogP contribution in [0.2, 0.25) is 0 Å². The Labute approximate surface area is 236 Å². The monoisotopic (exact) mass is 620 g/mol. The smallest absolute Gasteiger partial charge is 0.0104 e. The van der Waals surface area contributed by atoms with E-state index < -0.39 is 0 Å². The zero-order valence-electron chi connectivity index (χ0n) is 20.2. The average Bonchev–Trinajstić information content (AvgIpc) is 3.19. The topological polar surface area (TPSA) is 49.4 Å². The van der Waals surface area contributed by atoms with Crippen molar-refractivity contribution < 1.29 is 0 Å². The van der Waals surface area contributed by atoms with Gasteiger partial charge in [-0.25, -0.2) is 0 Å². The first-order valence-electron chi connectivity index (χ1n) is 12.1. The molecule has 4 aliphatic carbocycles. The van der Waals surface area contributed by atoms with E-state index in [4.69, 9.17) is 0 Å². The van der Waals surface area contributed by atoms with Gasteiger partial charge in [0.25, 0.3) is 0 Å². The van der Waals surface area contributed by atoms with Gasteiger partial charge in [-0.15, -0.1) is 0 Å². The number of hydrogen-bond acceptors (Lipinski definition) is 4. The van der Waals surface area contributed by atoms with Gasteiger partial charge in [-0.3, -0.25) is 0 Å². The van der Waals surface area contributed by atoms with Gasteiger partial charge in [-0.2, -0.15) is 0 Å². The molecular weight excluding hydrogens is 599 g/mol. The second-order valence-electron chi connectivity index (χ2n) is 8.58. The Morgan fingerprint density at radius 2 is 0.921 bits per heavy atom. The van der Waals surface area contributed by atoms with Crippen LogP contribution in [0.3, 0.4) is 0 Å². The fourth-order valence-corrected chi connectivity index (χ4v) is 6.87. The Hall–Kier alpha value is -3.96. The molecule has 0 amide bonds. The maximum Gasteiger partial charge on any atom is 0.0104 e. The molecule has 0 fully saturated rings. The molecular formula is C32H21BrN4Se. The maximum absolute atomic E-state index is 4.64. The summed E-state index contributed by atoms with van der Waals surface area (Å²) >= 11 is 3.81. The first-order chi connectivity index (χ1) is 18.7. The Balaban J connectivity index is 1.22. The van der Waals surface area contributed by atoms with Gasteiger partial charge in [0, 0.05) is 10.0 Å². The summed E-state index contributed by atoms with van der Waals surface area (Å²) in [6.07, 6.45) is 0. The molecule has 4 nitrogen and oxygen atoms in total. The normalized spacial score (nSPS) is 11.7. The number of benzene rings is 2. The van der Waals surface area contributed by atoms with E-state index in [0.29, 0.717) is 0 Å². The van der Waals surface area contributed by atoms with Crippen LogP contribution in [0.4, 0.5) is 22.7 Å². The number of rotatable bonds is 6. The van der Waals surface area contributed by atoms with E-state index in [1.165, 1.54) is 14.5 Å². The van der Waals surface area contributed by atoms with E-state index >= 15 is 0 Å². The van der Waals surface area contributed by atoms with E-state index in [1.54, 1.807) is 0 Å². The molecule has 182 valence electrons. The third-order valence-corrected chi connectivity index (χ3v) is 8.94. The van der Waals surface area contributed by atoms with Gasteiger partial charge in [-0.05, 0) is 11.6 Å². The largest absolute Gasteiger partial charge is 0.0622 e. The summed E-state index contributed by atoms with van der Waals surface area (Å²) in [5, 5.41) is 18.1. The Bertz CT molecular complexity index is 1700. The SMILES string of the molecule is Brc1cc(N=Nc2ccc(N=Nc3cc([Se]c4ccccc4)c4cccccc3-4)cc2)c2cccccc1-2. The average molecular weight is 620 g/mol. The van der Waals surface area contributed by atoms with Gasteiger partial charge < -0.3 is 0 Å². The molecule has 4 aliphatic rings. The van der Waals surface area contributed by atoms with Crippen molar-refractivity contribution in [2.75, 3.05) is 0 Å². The Kier molecular flexibility index (Phi) is 7.18. The Morgan fingerprint density at radius 1 is 0.447 bits per heavy atom. The van der Waals surface area contributed by atoms with Crippen LogP contribution in [-0.2, 0) is 0 Å². The summed E-state index contributed by atoms with van der Waals surface area (Å²) < 4.78 is 3.65. The molecule has 0 bridgehead atoms. The number of hydrogen-bond donors (Lipinski definition) is 0. The van der Waals surface area contributed by atoms with Crippen LogP contribution in [0.5, 0.6) is 0 Å². The number of azo groups is 2. The molecule has 0 saturated carbocycles. The molecule has 0 saturated heterocycles. The Morgan fingerprint density at radius 3 is 1.53 bits per heavy atom. The quantitative estimate of drug-likeness (QED) is 0.132. The van der Waals surface area contributed by atoms with Crippen molar-refractivity contribution in [3.05, 3.63) is 132 Å². The van der Waals surface area contributed by atoms with E-state index in [2.05, 4.69) is 109 Å². The molecule has 0 unspecified atom stereocenters. The van der Waals surface area contributed by atoms with Crippen LogP contribution in [0, 0.1) is 0 Å². The summed E-state index contributed by atoms with van der Waals surface area (Å²) in [6.45, 7) is 0. The molecule has 0 radical (unpaired) electrons. The number of halogens is 1. The van der Waals surface area contributed by atoms with E-state index in [9.17, 15) is 0 Å². The number of fused-ring (bicyclic) bond motifs is 2. The summed E-state index contributed by atoms with van der Waals surface area (Å²) in [5.74, 6) is 0. The third kappa shape index (κ3) is 5.34. The molecule has 2 aromatic carbocycles. The van der Waals surface area contributed by atoms with Crippen molar-refractivity contribution >= 4 is 62.6 Å². The van der Waals surface area contributed by atoms with Gasteiger partial charge in [0.2, 0.25) is 0 Å². The molecule has 0 heterocycles. The zero-order valence-corrected chi connectivity index (χ0v) is 23.5. The van der Waals surface area contributed by atoms with Crippen molar-refractivity contribution in [3.8, 4) is 22.3 Å². The maximum atomic E-state index is 4.64. The van der Waals surface area contributed by atoms with E-state index in [0.717, 1.165) is 43.9 Å². The van der Waals surface area contributed by atoms with Crippen LogP contribution in [-0.4, -0.2) is 15.0 Å². The predicted octanol–water partition coefficient (Wildman–Crippen LogP) is 9.14. The van der Waals surface area contributed by atoms with Gasteiger partial charge in [-0.1, -0.05) is 46.3 Å². The van der Waals surface area contributed by atoms with Crippen LogP contribution in [0.25, 0.3) is 22.3 Å². The molecule has 0 aliphatic heterocycles. The standard InChI is InChI=1S/C32H21BrN4Se/c33-29-20-30(26-13-7-2-6-12-25(26)29)36-34-22-16-18-23(19-17-22)35-37-31-21-32(38-24-10-4-1-5-11-24)28-15-9-3-8-14-27(28)31/h1-21H. The van der Waals surface area contributed by atoms with Gasteiger partial charge in [0.1, 0.15) is 0 Å². The van der Waals surface area contributed by atoms with Crippen molar-refractivity contribution in [1.29, 1.82) is 0 Å². The van der Waals surface area contributed by atoms with Gasteiger partial charge >= 0.3 is 169 Å². The molecule has 0 atom stereocenters. The number of nitrogens with zero attached hydrogens (tertiary/aromatic N) is 4. The molecule has 6 rings (SSSR count). The summed E-state index contributed by atoms with van der Waals surface area (Å²) in [6, 6.07) is 43.0. The minimum absolute atomic E-state index is 0.189. The first-order valence-corrected chi connectivity index (χ1v) is 14.6. The minimum atomic E-state index is 0.189. The predicted molar refractivity (Wildman–Crippen MR) is 160 cm³/mol. The fraction of sp³-hybridized carbons (Fsp3) is 0. The van der Waals surface area contributed by atoms with Crippen molar-refractivity contribution in [3.63, 3.8) is 0 Å². The summed E-state index contributed by atoms with van der Waals surface area (Å²) in [7, 11) is 0. The van der Waals surface area contributed by atoms with Gasteiger partial charge in [0.15, 0.2) is 0 Å². The minimum Gasteiger partial charge on any atom is -0.0622 e. The zero-order chi connectivity index (χ0) is 25.7. The summed E-state index contributed by atoms with van der Waals surface area (Å²) in [4.78, 5) is 0. The van der Waals surface area contributed by atoms with Crippen LogP contribution >= 0.6 is 15.9 Å². The molecule has 38 heavy (non-hydrogen) atoms. The van der Waals surface area contributed by atoms with Crippen LogP contribution < -0.4 is 8.92 Å². The van der Waals surface area contributed by atoms with Crippen molar-refractivity contribution in [1.82, 2.24) is 0 Å². The third-order valence-electron chi connectivity index (χ3n) is 6.05. The van der Waals surface area contributed by atoms with Crippen LogP contribution in [0.1, 0.15) is 0 Å². The van der Waals surface area contributed by atoms with Crippen LogP contribution in [0.15, 0.2) is 152 Å². The molecule has 0 spiro atoms. The summed E-state index contributed by atoms with van der Waals surface area (Å²) in [5.41, 5.74) is 7.74. The molecule has 0 aromatic heterocycles. The second kappa shape index (κ2) is 11.2. The van der Waals surface area contributed by atoms with Crippen molar-refractivity contribution in [2.45, 2.75) is 0 Å². The molecule has 2 aromatic rings.